The van der Waals surface area contributed by atoms with Gasteiger partial charge in [-0.2, -0.15) is 5.06 Å². The number of hydrogen-bond donors (Lipinski definition) is 3. The van der Waals surface area contributed by atoms with Crippen LogP contribution in [0.3, 0.4) is 0 Å². The van der Waals surface area contributed by atoms with Gasteiger partial charge in [0.2, 0.25) is 0 Å². The number of hydrogen-bond acceptors (Lipinski definition) is 6. The van der Waals surface area contributed by atoms with Crippen molar-refractivity contribution in [3.05, 3.63) is 28.8 Å². The summed E-state index contributed by atoms with van der Waals surface area (Å²) in [6, 6.07) is 4.85. The van der Waals surface area contributed by atoms with E-state index in [0.29, 0.717) is 25.7 Å². The molecule has 0 saturated carbocycles. The van der Waals surface area contributed by atoms with E-state index < -0.39 is 6.10 Å². The topological polar surface area (TPSA) is 68.2 Å². The Kier molecular flexibility index (Phi) is 5.00. The second-order valence-corrected chi connectivity index (χ2v) is 9.75. The molecule has 0 bridgehead atoms. The molecule has 2 atom stereocenters. The summed E-state index contributed by atoms with van der Waals surface area (Å²) >= 11 is 0. The van der Waals surface area contributed by atoms with Gasteiger partial charge in [0.05, 0.1) is 0 Å². The summed E-state index contributed by atoms with van der Waals surface area (Å²) in [5.41, 5.74) is 3.83. The number of nitrogens with one attached hydrogen (secondary N) is 1. The molecule has 1 aromatic carbocycles. The minimum absolute atomic E-state index is 0.0201. The van der Waals surface area contributed by atoms with Crippen LogP contribution < -0.4 is 10.1 Å². The molecule has 1 fully saturated rings. The zero-order chi connectivity index (χ0) is 20.3. The Balaban J connectivity index is 1.43. The molecule has 0 amide bonds. The third-order valence-electron chi connectivity index (χ3n) is 7.41. The summed E-state index contributed by atoms with van der Waals surface area (Å²) in [7, 11) is 2.19. The lowest BCUT2D eigenvalue weighted by atomic mass is 9.88. The molecule has 6 heteroatoms. The van der Waals surface area contributed by atoms with E-state index in [9.17, 15) is 10.3 Å². The van der Waals surface area contributed by atoms with Crippen LogP contribution in [0, 0.1) is 0 Å². The molecule has 0 aliphatic carbocycles. The smallest absolute Gasteiger partial charge is 0.130 e. The molecular formula is C22H35N3O3. The lowest BCUT2D eigenvalue weighted by molar-refractivity contribution is -0.108. The van der Waals surface area contributed by atoms with Gasteiger partial charge in [-0.05, 0) is 76.4 Å². The molecule has 28 heavy (non-hydrogen) atoms. The third kappa shape index (κ3) is 3.25. The zero-order valence-electron chi connectivity index (χ0n) is 17.8. The third-order valence-corrected chi connectivity index (χ3v) is 7.41. The van der Waals surface area contributed by atoms with E-state index in [4.69, 9.17) is 4.74 Å². The number of aliphatic hydroxyl groups excluding tert-OH is 1. The maximum absolute atomic E-state index is 10.7. The lowest BCUT2D eigenvalue weighted by Crippen LogP contribution is -2.46. The Morgan fingerprint density at radius 3 is 2.39 bits per heavy atom. The van der Waals surface area contributed by atoms with Crippen molar-refractivity contribution in [1.29, 1.82) is 0 Å². The van der Waals surface area contributed by atoms with E-state index in [1.54, 1.807) is 0 Å². The van der Waals surface area contributed by atoms with Crippen LogP contribution in [0.2, 0.25) is 0 Å². The minimum Gasteiger partial charge on any atom is -0.487 e. The zero-order valence-corrected chi connectivity index (χ0v) is 17.8. The summed E-state index contributed by atoms with van der Waals surface area (Å²) < 4.78 is 6.19. The molecule has 0 spiro atoms. The van der Waals surface area contributed by atoms with Gasteiger partial charge >= 0.3 is 0 Å². The Labute approximate surface area is 168 Å². The van der Waals surface area contributed by atoms with Gasteiger partial charge in [0.1, 0.15) is 18.0 Å². The van der Waals surface area contributed by atoms with E-state index in [2.05, 4.69) is 57.1 Å². The monoisotopic (exact) mass is 389 g/mol. The maximum Gasteiger partial charge on any atom is 0.130 e. The van der Waals surface area contributed by atoms with Gasteiger partial charge in [-0.3, -0.25) is 4.90 Å². The summed E-state index contributed by atoms with van der Waals surface area (Å²) in [5.74, 6) is 0.926. The van der Waals surface area contributed by atoms with E-state index in [0.717, 1.165) is 25.0 Å². The largest absolute Gasteiger partial charge is 0.487 e. The Morgan fingerprint density at radius 2 is 1.75 bits per heavy atom. The van der Waals surface area contributed by atoms with Crippen molar-refractivity contribution < 1.29 is 15.1 Å². The first kappa shape index (κ1) is 20.1. The quantitative estimate of drug-likeness (QED) is 0.734. The van der Waals surface area contributed by atoms with Crippen molar-refractivity contribution in [2.75, 3.05) is 26.7 Å². The van der Waals surface area contributed by atoms with Crippen LogP contribution in [0.15, 0.2) is 12.1 Å². The highest BCUT2D eigenvalue weighted by molar-refractivity contribution is 5.53. The van der Waals surface area contributed by atoms with E-state index in [1.807, 2.05) is 0 Å². The fourth-order valence-electron chi connectivity index (χ4n) is 5.09. The van der Waals surface area contributed by atoms with Crippen molar-refractivity contribution in [1.82, 2.24) is 15.3 Å². The molecule has 3 aliphatic rings. The second-order valence-electron chi connectivity index (χ2n) is 9.75. The molecule has 4 rings (SSSR count). The molecule has 0 radical (unpaired) electrons. The van der Waals surface area contributed by atoms with Crippen LogP contribution in [-0.2, 0) is 17.5 Å². The molecule has 3 aliphatic heterocycles. The van der Waals surface area contributed by atoms with Crippen LogP contribution in [0.1, 0.15) is 57.2 Å². The standard InChI is InChI=1S/C22H35N3O3/c1-21(2)16-10-14-11-20(18(26)13-23-15-6-8-25(27)9-7-15)28-19(14)12-17(16)22(3,4)24(21)5/h10,12,15,18,20,23,26-27H,6-9,11,13H2,1-5H3. The van der Waals surface area contributed by atoms with Gasteiger partial charge in [-0.1, -0.05) is 0 Å². The van der Waals surface area contributed by atoms with Crippen LogP contribution in [-0.4, -0.2) is 65.2 Å². The Morgan fingerprint density at radius 1 is 1.14 bits per heavy atom. The fourth-order valence-corrected chi connectivity index (χ4v) is 5.09. The number of ether oxygens (including phenoxy) is 1. The molecule has 1 saturated heterocycles. The Bertz CT molecular complexity index is 696. The van der Waals surface area contributed by atoms with Crippen molar-refractivity contribution in [3.8, 4) is 5.75 Å². The maximum atomic E-state index is 10.7. The van der Waals surface area contributed by atoms with Crippen molar-refractivity contribution in [3.63, 3.8) is 0 Å². The number of nitrogens with zero attached hydrogens (tertiary/aromatic N) is 2. The van der Waals surface area contributed by atoms with Gasteiger partial charge in [0, 0.05) is 43.2 Å². The summed E-state index contributed by atoms with van der Waals surface area (Å²) in [6.45, 7) is 11.0. The number of hydroxylamine groups is 2. The first-order valence-electron chi connectivity index (χ1n) is 10.5. The highest BCUT2D eigenvalue weighted by atomic mass is 16.5. The SMILES string of the molecule is CN1C(C)(C)c2cc3c(cc2C1(C)C)OC(C(O)CNC1CCN(O)CC1)C3. The molecule has 6 nitrogen and oxygen atoms in total. The number of benzene rings is 1. The fraction of sp³-hybridized carbons (Fsp3) is 0.727. The highest BCUT2D eigenvalue weighted by Crippen LogP contribution is 2.51. The minimum atomic E-state index is -0.543. The molecule has 1 aromatic rings. The second kappa shape index (κ2) is 6.96. The first-order chi connectivity index (χ1) is 13.1. The predicted molar refractivity (Wildman–Crippen MR) is 109 cm³/mol. The predicted octanol–water partition coefficient (Wildman–Crippen LogP) is 2.21. The number of fused-ring (bicyclic) bond motifs is 2. The molecule has 2 unspecified atom stereocenters. The summed E-state index contributed by atoms with van der Waals surface area (Å²) in [5, 5.41) is 25.0. The average molecular weight is 390 g/mol. The average Bonchev–Trinajstić information content (AvgIpc) is 3.13. The normalized spacial score (nSPS) is 28.0. The van der Waals surface area contributed by atoms with Gasteiger partial charge in [-0.25, -0.2) is 0 Å². The van der Waals surface area contributed by atoms with Crippen molar-refractivity contribution >= 4 is 0 Å². The molecular weight excluding hydrogens is 354 g/mol. The molecule has 0 aromatic heterocycles. The summed E-state index contributed by atoms with van der Waals surface area (Å²) in [4.78, 5) is 2.42. The molecule has 3 N–H and O–H groups in total. The van der Waals surface area contributed by atoms with Crippen LogP contribution in [0.5, 0.6) is 5.75 Å². The lowest BCUT2D eigenvalue weighted by Gasteiger charge is -2.37. The highest BCUT2D eigenvalue weighted by Gasteiger charge is 2.48. The summed E-state index contributed by atoms with van der Waals surface area (Å²) in [6.07, 6.45) is 1.81. The van der Waals surface area contributed by atoms with E-state index >= 15 is 0 Å². The molecule has 3 heterocycles. The van der Waals surface area contributed by atoms with Gasteiger partial charge < -0.3 is 20.4 Å². The van der Waals surface area contributed by atoms with E-state index in [1.165, 1.54) is 21.8 Å². The van der Waals surface area contributed by atoms with Gasteiger partial charge in [0.25, 0.3) is 0 Å². The van der Waals surface area contributed by atoms with Crippen molar-refractivity contribution in [2.45, 2.75) is 76.3 Å². The number of rotatable bonds is 4. The van der Waals surface area contributed by atoms with Gasteiger partial charge in [0.15, 0.2) is 0 Å². The molecule has 156 valence electrons. The number of piperidine rings is 1. The van der Waals surface area contributed by atoms with E-state index in [-0.39, 0.29) is 17.2 Å². The van der Waals surface area contributed by atoms with Crippen LogP contribution in [0.25, 0.3) is 0 Å². The van der Waals surface area contributed by atoms with Crippen LogP contribution >= 0.6 is 0 Å². The van der Waals surface area contributed by atoms with Crippen LogP contribution in [0.4, 0.5) is 0 Å². The number of aliphatic hydroxyl groups is 1. The van der Waals surface area contributed by atoms with Crippen molar-refractivity contribution in [2.24, 2.45) is 0 Å². The Hall–Kier alpha value is -1.18. The first-order valence-corrected chi connectivity index (χ1v) is 10.5. The van der Waals surface area contributed by atoms with Gasteiger partial charge in [-0.15, -0.1) is 0 Å².